The van der Waals surface area contributed by atoms with Gasteiger partial charge in [-0.3, -0.25) is 10.3 Å². The first-order chi connectivity index (χ1) is 11.8. The zero-order chi connectivity index (χ0) is 16.5. The van der Waals surface area contributed by atoms with Crippen molar-refractivity contribution >= 4 is 51.3 Å². The molecule has 0 atom stereocenters. The minimum Gasteiger partial charge on any atom is -0.369 e. The molecule has 0 spiro atoms. The number of nitrogens with one attached hydrogen (secondary N) is 1. The number of anilines is 2. The summed E-state index contributed by atoms with van der Waals surface area (Å²) >= 11 is 0. The van der Waals surface area contributed by atoms with Gasteiger partial charge < -0.3 is 5.73 Å². The summed E-state index contributed by atoms with van der Waals surface area (Å²) in [6.45, 7) is 0. The molecule has 0 radical (unpaired) electrons. The Bertz CT molecular complexity index is 969. The van der Waals surface area contributed by atoms with Crippen LogP contribution in [0.4, 0.5) is 11.4 Å². The molecule has 0 unspecified atom stereocenters. The van der Waals surface area contributed by atoms with Crippen LogP contribution in [0.1, 0.15) is 0 Å². The fourth-order valence-electron chi connectivity index (χ4n) is 3.20. The molecule has 3 N–H and O–H groups in total. The maximum atomic E-state index is 8.18. The van der Waals surface area contributed by atoms with Gasteiger partial charge in [-0.2, -0.15) is 0 Å². The maximum Gasteiger partial charge on any atom is 0.197 e. The third-order valence-electron chi connectivity index (χ3n) is 4.26. The Labute approximate surface area is 152 Å². The van der Waals surface area contributed by atoms with Crippen molar-refractivity contribution in [2.24, 2.45) is 5.73 Å². The van der Waals surface area contributed by atoms with Crippen LogP contribution in [0.3, 0.4) is 0 Å². The van der Waals surface area contributed by atoms with E-state index in [1.54, 1.807) is 0 Å². The first-order valence-electron chi connectivity index (χ1n) is 7.85. The van der Waals surface area contributed by atoms with Crippen LogP contribution in [0.2, 0.25) is 0 Å². The van der Waals surface area contributed by atoms with Crippen LogP contribution in [0.25, 0.3) is 21.5 Å². The Morgan fingerprint density at radius 3 is 1.48 bits per heavy atom. The Morgan fingerprint density at radius 1 is 0.640 bits per heavy atom. The molecule has 0 aromatic heterocycles. The highest BCUT2D eigenvalue weighted by molar-refractivity contribution is 6.12. The van der Waals surface area contributed by atoms with Crippen molar-refractivity contribution in [1.29, 1.82) is 5.41 Å². The third kappa shape index (κ3) is 2.90. The second-order valence-corrected chi connectivity index (χ2v) is 5.72. The number of hydrogen-bond acceptors (Lipinski definition) is 1. The van der Waals surface area contributed by atoms with Crippen LogP contribution in [0, 0.1) is 5.41 Å². The number of guanidine groups is 1. The average Bonchev–Trinajstić information content (AvgIpc) is 2.62. The number of hydrogen-bond donors (Lipinski definition) is 2. The number of rotatable bonds is 2. The molecule has 25 heavy (non-hydrogen) atoms. The van der Waals surface area contributed by atoms with Crippen LogP contribution in [-0.2, 0) is 0 Å². The highest BCUT2D eigenvalue weighted by Crippen LogP contribution is 2.35. The lowest BCUT2D eigenvalue weighted by Gasteiger charge is -2.25. The second-order valence-electron chi connectivity index (χ2n) is 5.72. The van der Waals surface area contributed by atoms with Crippen LogP contribution in [0.15, 0.2) is 84.9 Å². The quantitative estimate of drug-likeness (QED) is 0.374. The summed E-state index contributed by atoms with van der Waals surface area (Å²) in [7, 11) is 0. The summed E-state index contributed by atoms with van der Waals surface area (Å²) in [5.41, 5.74) is 7.82. The predicted molar refractivity (Wildman–Crippen MR) is 109 cm³/mol. The van der Waals surface area contributed by atoms with E-state index in [1.165, 1.54) is 0 Å². The predicted octanol–water partition coefficient (Wildman–Crippen LogP) is 5.45. The van der Waals surface area contributed by atoms with E-state index in [9.17, 15) is 0 Å². The normalized spacial score (nSPS) is 10.4. The van der Waals surface area contributed by atoms with E-state index in [-0.39, 0.29) is 18.4 Å². The van der Waals surface area contributed by atoms with Gasteiger partial charge in [0, 0.05) is 10.8 Å². The highest BCUT2D eigenvalue weighted by atomic mass is 35.5. The SMILES string of the molecule is Cl.N=C(N)N(c1cccc2ccccc12)c1cccc2ccccc12. The topological polar surface area (TPSA) is 53.1 Å². The molecule has 4 rings (SSSR count). The monoisotopic (exact) mass is 347 g/mol. The zero-order valence-corrected chi connectivity index (χ0v) is 14.3. The van der Waals surface area contributed by atoms with Gasteiger partial charge >= 0.3 is 0 Å². The summed E-state index contributed by atoms with van der Waals surface area (Å²) in [5, 5.41) is 12.6. The summed E-state index contributed by atoms with van der Waals surface area (Å²) in [4.78, 5) is 1.81. The van der Waals surface area contributed by atoms with E-state index >= 15 is 0 Å². The first-order valence-corrected chi connectivity index (χ1v) is 7.85. The summed E-state index contributed by atoms with van der Waals surface area (Å²) in [5.74, 6) is 0.00251. The molecular weight excluding hydrogens is 330 g/mol. The molecule has 124 valence electrons. The Morgan fingerprint density at radius 2 is 1.04 bits per heavy atom. The maximum absolute atomic E-state index is 8.18. The van der Waals surface area contributed by atoms with Crippen molar-refractivity contribution in [2.45, 2.75) is 0 Å². The number of nitrogens with zero attached hydrogens (tertiary/aromatic N) is 1. The zero-order valence-electron chi connectivity index (χ0n) is 13.5. The summed E-state index contributed by atoms with van der Waals surface area (Å²) in [6.07, 6.45) is 0. The number of benzene rings is 4. The van der Waals surface area contributed by atoms with Gasteiger partial charge in [0.1, 0.15) is 0 Å². The molecule has 0 heterocycles. The average molecular weight is 348 g/mol. The van der Waals surface area contributed by atoms with Gasteiger partial charge in [-0.05, 0) is 22.9 Å². The lowest BCUT2D eigenvalue weighted by atomic mass is 10.0. The molecule has 0 bridgehead atoms. The number of halogens is 1. The Hall–Kier alpha value is -3.04. The molecule has 4 heteroatoms. The van der Waals surface area contributed by atoms with E-state index in [0.29, 0.717) is 0 Å². The van der Waals surface area contributed by atoms with Gasteiger partial charge in [0.25, 0.3) is 0 Å². The number of fused-ring (bicyclic) bond motifs is 2. The van der Waals surface area contributed by atoms with Crippen LogP contribution in [0.5, 0.6) is 0 Å². The standard InChI is InChI=1S/C21H17N3.ClH/c22-21(23)24(19-13-5-9-15-7-1-3-11-17(15)19)20-14-6-10-16-8-2-4-12-18(16)20;/h1-14H,(H3,22,23);1H. The molecule has 4 aromatic rings. The van der Waals surface area contributed by atoms with Crippen molar-refractivity contribution in [2.75, 3.05) is 4.90 Å². The fourth-order valence-corrected chi connectivity index (χ4v) is 3.20. The lowest BCUT2D eigenvalue weighted by Crippen LogP contribution is -2.32. The van der Waals surface area contributed by atoms with Crippen molar-refractivity contribution in [3.8, 4) is 0 Å². The van der Waals surface area contributed by atoms with Gasteiger partial charge in [0.05, 0.1) is 11.4 Å². The molecule has 0 saturated heterocycles. The third-order valence-corrected chi connectivity index (χ3v) is 4.26. The van der Waals surface area contributed by atoms with Gasteiger partial charge in [0.15, 0.2) is 5.96 Å². The molecule has 0 aliphatic heterocycles. The van der Waals surface area contributed by atoms with E-state index in [1.807, 2.05) is 53.4 Å². The Kier molecular flexibility index (Phi) is 4.59. The van der Waals surface area contributed by atoms with Crippen LogP contribution >= 0.6 is 12.4 Å². The molecular formula is C21H18ClN3. The number of nitrogens with two attached hydrogens (primary N) is 1. The van der Waals surface area contributed by atoms with E-state index < -0.39 is 0 Å². The lowest BCUT2D eigenvalue weighted by molar-refractivity contribution is 1.27. The summed E-state index contributed by atoms with van der Waals surface area (Å²) < 4.78 is 0. The van der Waals surface area contributed by atoms with Gasteiger partial charge in [-0.15, -0.1) is 12.4 Å². The molecule has 0 saturated carbocycles. The van der Waals surface area contributed by atoms with Crippen molar-refractivity contribution in [1.82, 2.24) is 0 Å². The Balaban J connectivity index is 0.00000182. The smallest absolute Gasteiger partial charge is 0.197 e. The van der Waals surface area contributed by atoms with Crippen LogP contribution < -0.4 is 10.6 Å². The fraction of sp³-hybridized carbons (Fsp3) is 0. The van der Waals surface area contributed by atoms with Crippen molar-refractivity contribution in [3.05, 3.63) is 84.9 Å². The van der Waals surface area contributed by atoms with E-state index in [0.717, 1.165) is 32.9 Å². The minimum absolute atomic E-state index is 0. The molecule has 0 amide bonds. The highest BCUT2D eigenvalue weighted by Gasteiger charge is 2.17. The largest absolute Gasteiger partial charge is 0.369 e. The molecule has 0 fully saturated rings. The molecule has 0 aliphatic carbocycles. The van der Waals surface area contributed by atoms with E-state index in [4.69, 9.17) is 11.1 Å². The molecule has 0 aliphatic rings. The van der Waals surface area contributed by atoms with Crippen molar-refractivity contribution in [3.63, 3.8) is 0 Å². The second kappa shape index (κ2) is 6.83. The molecule has 3 nitrogen and oxygen atoms in total. The first kappa shape index (κ1) is 16.8. The molecule has 4 aromatic carbocycles. The van der Waals surface area contributed by atoms with Gasteiger partial charge in [-0.25, -0.2) is 0 Å². The van der Waals surface area contributed by atoms with E-state index in [2.05, 4.69) is 36.4 Å². The summed E-state index contributed by atoms with van der Waals surface area (Å²) in [6, 6.07) is 28.5. The van der Waals surface area contributed by atoms with Crippen molar-refractivity contribution < 1.29 is 0 Å². The van der Waals surface area contributed by atoms with Gasteiger partial charge in [0.2, 0.25) is 0 Å². The van der Waals surface area contributed by atoms with Gasteiger partial charge in [-0.1, -0.05) is 72.8 Å². The minimum atomic E-state index is 0. The van der Waals surface area contributed by atoms with Crippen LogP contribution in [-0.4, -0.2) is 5.96 Å².